The van der Waals surface area contributed by atoms with Crippen LogP contribution in [0.4, 0.5) is 5.69 Å². The molecule has 0 radical (unpaired) electrons. The predicted molar refractivity (Wildman–Crippen MR) is 125 cm³/mol. The van der Waals surface area contributed by atoms with Crippen molar-refractivity contribution in [1.82, 2.24) is 10.2 Å². The molecule has 8 heteroatoms. The van der Waals surface area contributed by atoms with E-state index in [1.807, 2.05) is 37.1 Å². The Kier molecular flexibility index (Phi) is 7.03. The van der Waals surface area contributed by atoms with E-state index in [0.717, 1.165) is 29.7 Å². The van der Waals surface area contributed by atoms with Gasteiger partial charge in [-0.2, -0.15) is 0 Å². The first-order valence-electron chi connectivity index (χ1n) is 9.76. The van der Waals surface area contributed by atoms with Crippen molar-refractivity contribution in [3.63, 3.8) is 0 Å². The first-order valence-corrected chi connectivity index (χ1v) is 10.6. The van der Waals surface area contributed by atoms with Crippen molar-refractivity contribution < 1.29 is 0 Å². The van der Waals surface area contributed by atoms with Gasteiger partial charge in [0.2, 0.25) is 0 Å². The molecule has 1 aliphatic heterocycles. The summed E-state index contributed by atoms with van der Waals surface area (Å²) in [4.78, 5) is 2.01. The normalized spacial score (nSPS) is 18.6. The second-order valence-corrected chi connectivity index (χ2v) is 10.0. The van der Waals surface area contributed by atoms with Gasteiger partial charge in [0.25, 0.3) is 0 Å². The van der Waals surface area contributed by atoms with Crippen molar-refractivity contribution in [2.45, 2.75) is 64.6 Å². The van der Waals surface area contributed by atoms with Gasteiger partial charge in [-0.05, 0) is 83.0 Å². The Morgan fingerprint density at radius 2 is 1.79 bits per heavy atom. The second kappa shape index (κ2) is 8.77. The predicted octanol–water partition coefficient (Wildman–Crippen LogP) is 3.34. The van der Waals surface area contributed by atoms with E-state index in [1.54, 1.807) is 6.20 Å². The monoisotopic (exact) mass is 417 g/mol. The second-order valence-electron chi connectivity index (χ2n) is 9.05. The number of hydrazine groups is 1. The fourth-order valence-electron chi connectivity index (χ4n) is 4.17. The molecule has 29 heavy (non-hydrogen) atoms. The van der Waals surface area contributed by atoms with Crippen molar-refractivity contribution in [3.05, 3.63) is 41.7 Å². The minimum atomic E-state index is 0.0115. The van der Waals surface area contributed by atoms with E-state index in [4.69, 9.17) is 22.4 Å². The molecular formula is C21H35N7S. The largest absolute Gasteiger partial charge is 0.403 e. The summed E-state index contributed by atoms with van der Waals surface area (Å²) >= 11 is 1.19. The number of benzene rings is 1. The van der Waals surface area contributed by atoms with Gasteiger partial charge in [-0.3, -0.25) is 15.8 Å². The summed E-state index contributed by atoms with van der Waals surface area (Å²) in [5.41, 5.74) is 7.93. The molecule has 1 heterocycles. The van der Waals surface area contributed by atoms with Gasteiger partial charge in [0.15, 0.2) is 5.17 Å². The molecule has 0 bridgehead atoms. The summed E-state index contributed by atoms with van der Waals surface area (Å²) in [5, 5.41) is 23.0. The van der Waals surface area contributed by atoms with Gasteiger partial charge < -0.3 is 16.0 Å². The number of rotatable bonds is 4. The minimum Gasteiger partial charge on any atom is -0.403 e. The number of aryl methyl sites for hydroxylation is 1. The Labute approximate surface area is 178 Å². The summed E-state index contributed by atoms with van der Waals surface area (Å²) in [6.07, 6.45) is 4.86. The average Bonchev–Trinajstić information content (AvgIpc) is 2.58. The van der Waals surface area contributed by atoms with Crippen LogP contribution in [0.3, 0.4) is 0 Å². The molecule has 0 aromatic heterocycles. The smallest absolute Gasteiger partial charge is 0.162 e. The van der Waals surface area contributed by atoms with Crippen LogP contribution in [0.25, 0.3) is 0 Å². The lowest BCUT2D eigenvalue weighted by Gasteiger charge is -2.49. The van der Waals surface area contributed by atoms with Crippen LogP contribution in [-0.2, 0) is 0 Å². The number of piperidine rings is 1. The summed E-state index contributed by atoms with van der Waals surface area (Å²) in [5.74, 6) is 5.91. The molecule has 1 fully saturated rings. The molecule has 1 aliphatic rings. The van der Waals surface area contributed by atoms with Crippen LogP contribution in [0.1, 0.15) is 51.7 Å². The third-order valence-electron chi connectivity index (χ3n) is 5.23. The maximum absolute atomic E-state index is 8.58. The maximum atomic E-state index is 8.58. The zero-order chi connectivity index (χ0) is 22.0. The van der Waals surface area contributed by atoms with Crippen molar-refractivity contribution in [2.24, 2.45) is 11.6 Å². The van der Waals surface area contributed by atoms with E-state index in [2.05, 4.69) is 33.0 Å². The van der Waals surface area contributed by atoms with E-state index in [0.29, 0.717) is 10.2 Å². The summed E-state index contributed by atoms with van der Waals surface area (Å²) in [6, 6.07) is 5.89. The number of hydrogen-bond donors (Lipinski definition) is 5. The molecule has 0 saturated carbocycles. The lowest BCUT2D eigenvalue weighted by molar-refractivity contribution is 0.114. The molecule has 0 spiro atoms. The van der Waals surface area contributed by atoms with Crippen LogP contribution in [0.2, 0.25) is 0 Å². The molecule has 1 aromatic rings. The van der Waals surface area contributed by atoms with Gasteiger partial charge in [-0.15, -0.1) is 0 Å². The molecule has 7 nitrogen and oxygen atoms in total. The molecular weight excluding hydrogens is 382 g/mol. The molecule has 1 aromatic carbocycles. The third-order valence-corrected chi connectivity index (χ3v) is 6.14. The molecule has 0 aliphatic carbocycles. The summed E-state index contributed by atoms with van der Waals surface area (Å²) < 4.78 is 0. The van der Waals surface area contributed by atoms with E-state index in [1.165, 1.54) is 23.0 Å². The van der Waals surface area contributed by atoms with Crippen molar-refractivity contribution >= 4 is 27.7 Å². The molecule has 160 valence electrons. The first kappa shape index (κ1) is 23.3. The van der Waals surface area contributed by atoms with E-state index < -0.39 is 0 Å². The number of amidine groups is 1. The van der Waals surface area contributed by atoms with Gasteiger partial charge >= 0.3 is 0 Å². The van der Waals surface area contributed by atoms with Crippen molar-refractivity contribution in [1.29, 1.82) is 10.8 Å². The van der Waals surface area contributed by atoms with Crippen LogP contribution in [0.5, 0.6) is 0 Å². The van der Waals surface area contributed by atoms with Crippen LogP contribution in [0, 0.1) is 17.7 Å². The minimum absolute atomic E-state index is 0.0115. The molecule has 2 rings (SSSR count). The van der Waals surface area contributed by atoms with Crippen LogP contribution in [0.15, 0.2) is 30.6 Å². The van der Waals surface area contributed by atoms with Gasteiger partial charge in [0, 0.05) is 42.1 Å². The van der Waals surface area contributed by atoms with Gasteiger partial charge in [-0.1, -0.05) is 0 Å². The van der Waals surface area contributed by atoms with Crippen molar-refractivity contribution in [2.75, 3.05) is 12.1 Å². The molecule has 0 unspecified atom stereocenters. The van der Waals surface area contributed by atoms with Crippen LogP contribution < -0.4 is 21.9 Å². The SMILES string of the molecule is Cc1cc(N(N)/C=C\N)ccc1C(=N)SC(=N)N(C)C1CC(C)(C)NC(C)(C)C1. The maximum Gasteiger partial charge on any atom is 0.162 e. The Hall–Kier alpha value is -2.03. The van der Waals surface area contributed by atoms with Crippen molar-refractivity contribution in [3.8, 4) is 0 Å². The first-order chi connectivity index (χ1) is 13.3. The zero-order valence-electron chi connectivity index (χ0n) is 18.3. The molecule has 7 N–H and O–H groups in total. The van der Waals surface area contributed by atoms with E-state index in [9.17, 15) is 0 Å². The Morgan fingerprint density at radius 1 is 1.21 bits per heavy atom. The van der Waals surface area contributed by atoms with Gasteiger partial charge in [0.05, 0.1) is 5.69 Å². The van der Waals surface area contributed by atoms with Gasteiger partial charge in [-0.25, -0.2) is 5.84 Å². The number of nitrogens with zero attached hydrogens (tertiary/aromatic N) is 2. The Balaban J connectivity index is 2.09. The average molecular weight is 418 g/mol. The lowest BCUT2D eigenvalue weighted by Crippen LogP contribution is -2.62. The Bertz CT molecular complexity index is 784. The van der Waals surface area contributed by atoms with Gasteiger partial charge in [0.1, 0.15) is 5.04 Å². The molecule has 0 amide bonds. The number of thioether (sulfide) groups is 1. The molecule has 0 atom stereocenters. The topological polar surface area (TPSA) is 118 Å². The third kappa shape index (κ3) is 5.98. The Morgan fingerprint density at radius 3 is 2.31 bits per heavy atom. The number of anilines is 1. The number of nitrogens with one attached hydrogen (secondary N) is 3. The van der Waals surface area contributed by atoms with E-state index in [-0.39, 0.29) is 17.1 Å². The summed E-state index contributed by atoms with van der Waals surface area (Å²) in [7, 11) is 1.96. The lowest BCUT2D eigenvalue weighted by atomic mass is 9.79. The van der Waals surface area contributed by atoms with E-state index >= 15 is 0 Å². The standard InChI is InChI=1S/C21H35N7S/c1-14-11-15(28(25)10-9-22)7-8-17(14)18(23)29-19(24)27(6)16-12-20(2,3)26-21(4,5)13-16/h7-11,16,23-24,26H,12-13,22,25H2,1-6H3/b10-9-,23-18?,24-19?. The highest BCUT2D eigenvalue weighted by molar-refractivity contribution is 8.26. The number of nitrogens with two attached hydrogens (primary N) is 2. The fraction of sp³-hybridized carbons (Fsp3) is 0.524. The van der Waals surface area contributed by atoms with Crippen LogP contribution in [-0.4, -0.2) is 39.3 Å². The van der Waals surface area contributed by atoms with Crippen LogP contribution >= 0.6 is 11.8 Å². The quantitative estimate of drug-likeness (QED) is 0.222. The fourth-order valence-corrected chi connectivity index (χ4v) is 5.00. The highest BCUT2D eigenvalue weighted by Gasteiger charge is 2.39. The number of hydrogen-bond acceptors (Lipinski definition) is 7. The zero-order valence-corrected chi connectivity index (χ0v) is 19.2. The highest BCUT2D eigenvalue weighted by atomic mass is 32.2. The highest BCUT2D eigenvalue weighted by Crippen LogP contribution is 2.32. The summed E-state index contributed by atoms with van der Waals surface area (Å²) in [6.45, 7) is 10.8. The molecule has 1 saturated heterocycles.